The number of aryl methyl sites for hydroxylation is 1. The normalized spacial score (nSPS) is 23.0. The van der Waals surface area contributed by atoms with E-state index in [0.717, 1.165) is 42.8 Å². The van der Waals surface area contributed by atoms with E-state index in [1.807, 2.05) is 49.5 Å². The number of hydrogen-bond acceptors (Lipinski definition) is 5. The van der Waals surface area contributed by atoms with E-state index in [2.05, 4.69) is 14.9 Å². The number of nitrogens with zero attached hydrogens (tertiary/aromatic N) is 5. The highest BCUT2D eigenvalue weighted by Crippen LogP contribution is 2.35. The largest absolute Gasteiger partial charge is 0.444 e. The number of hydrogen-bond donors (Lipinski definition) is 0. The van der Waals surface area contributed by atoms with Crippen molar-refractivity contribution in [2.75, 3.05) is 18.0 Å². The Morgan fingerprint density at radius 2 is 1.88 bits per heavy atom. The number of anilines is 1. The molecule has 2 aliphatic heterocycles. The number of aromatic nitrogens is 3. The molecular formula is C18H24ClN5O2. The number of halogens is 1. The van der Waals surface area contributed by atoms with Crippen LogP contribution in [0.1, 0.15) is 33.6 Å². The number of carbonyl (C=O) groups is 1. The van der Waals surface area contributed by atoms with Crippen LogP contribution in [0.5, 0.6) is 0 Å². The molecule has 4 heterocycles. The lowest BCUT2D eigenvalue weighted by atomic mass is 10.2. The molecule has 2 aliphatic rings. The van der Waals surface area contributed by atoms with Crippen molar-refractivity contribution in [2.24, 2.45) is 7.05 Å². The van der Waals surface area contributed by atoms with Crippen molar-refractivity contribution in [2.45, 2.75) is 51.3 Å². The summed E-state index contributed by atoms with van der Waals surface area (Å²) in [4.78, 5) is 25.6. The zero-order chi connectivity index (χ0) is 18.6. The first kappa shape index (κ1) is 17.4. The average Bonchev–Trinajstić information content (AvgIpc) is 3.02. The minimum Gasteiger partial charge on any atom is -0.444 e. The summed E-state index contributed by atoms with van der Waals surface area (Å²) in [7, 11) is 1.98. The minimum atomic E-state index is -0.483. The predicted molar refractivity (Wildman–Crippen MR) is 101 cm³/mol. The Morgan fingerprint density at radius 1 is 1.23 bits per heavy atom. The van der Waals surface area contributed by atoms with Crippen LogP contribution in [0.15, 0.2) is 12.3 Å². The molecule has 26 heavy (non-hydrogen) atoms. The maximum Gasteiger partial charge on any atom is 0.410 e. The van der Waals surface area contributed by atoms with Gasteiger partial charge in [-0.2, -0.15) is 4.98 Å². The van der Waals surface area contributed by atoms with Gasteiger partial charge in [-0.05, 0) is 51.3 Å². The van der Waals surface area contributed by atoms with E-state index in [9.17, 15) is 4.79 Å². The molecule has 2 atom stereocenters. The fourth-order valence-corrected chi connectivity index (χ4v) is 4.22. The van der Waals surface area contributed by atoms with E-state index < -0.39 is 5.60 Å². The number of rotatable bonds is 1. The van der Waals surface area contributed by atoms with E-state index in [4.69, 9.17) is 16.3 Å². The number of ether oxygens (including phenoxy) is 1. The Bertz CT molecular complexity index is 845. The molecule has 0 aromatic carbocycles. The second-order valence-electron chi connectivity index (χ2n) is 8.15. The summed E-state index contributed by atoms with van der Waals surface area (Å²) in [6.45, 7) is 7.15. The van der Waals surface area contributed by atoms with Gasteiger partial charge in [0.2, 0.25) is 5.28 Å². The molecule has 0 saturated carbocycles. The molecule has 2 aromatic rings. The van der Waals surface area contributed by atoms with Gasteiger partial charge in [0.25, 0.3) is 0 Å². The number of amides is 1. The summed E-state index contributed by atoms with van der Waals surface area (Å²) in [5.74, 6) is 0.841. The minimum absolute atomic E-state index is 0.132. The van der Waals surface area contributed by atoms with Gasteiger partial charge < -0.3 is 14.2 Å². The summed E-state index contributed by atoms with van der Waals surface area (Å²) in [5, 5.41) is 0.251. The highest BCUT2D eigenvalue weighted by molar-refractivity contribution is 6.28. The third-order valence-electron chi connectivity index (χ3n) is 5.06. The number of piperazine rings is 1. The van der Waals surface area contributed by atoms with E-state index >= 15 is 0 Å². The van der Waals surface area contributed by atoms with Gasteiger partial charge in [0.15, 0.2) is 5.82 Å². The van der Waals surface area contributed by atoms with Crippen molar-refractivity contribution in [3.8, 4) is 0 Å². The summed E-state index contributed by atoms with van der Waals surface area (Å²) in [5.41, 5.74) is 1.33. The summed E-state index contributed by atoms with van der Waals surface area (Å²) >= 11 is 6.15. The highest BCUT2D eigenvalue weighted by Gasteiger charge is 2.45. The van der Waals surface area contributed by atoms with E-state index in [1.54, 1.807) is 0 Å². The van der Waals surface area contributed by atoms with Crippen LogP contribution in [0.2, 0.25) is 5.28 Å². The Labute approximate surface area is 157 Å². The zero-order valence-corrected chi connectivity index (χ0v) is 16.3. The second-order valence-corrected chi connectivity index (χ2v) is 8.49. The lowest BCUT2D eigenvalue weighted by Gasteiger charge is -2.41. The number of fused-ring (bicyclic) bond motifs is 3. The molecule has 0 aliphatic carbocycles. The monoisotopic (exact) mass is 377 g/mol. The molecule has 7 nitrogen and oxygen atoms in total. The fraction of sp³-hybridized carbons (Fsp3) is 0.611. The molecule has 2 bridgehead atoms. The third-order valence-corrected chi connectivity index (χ3v) is 5.23. The van der Waals surface area contributed by atoms with Crippen molar-refractivity contribution < 1.29 is 9.53 Å². The first-order valence-electron chi connectivity index (χ1n) is 8.98. The molecule has 1 amide bonds. The van der Waals surface area contributed by atoms with E-state index in [0.29, 0.717) is 0 Å². The lowest BCUT2D eigenvalue weighted by Crippen LogP contribution is -2.57. The molecule has 8 heteroatoms. The van der Waals surface area contributed by atoms with Crippen LogP contribution in [0.3, 0.4) is 0 Å². The molecule has 0 N–H and O–H groups in total. The highest BCUT2D eigenvalue weighted by atomic mass is 35.5. The van der Waals surface area contributed by atoms with Gasteiger partial charge >= 0.3 is 6.09 Å². The van der Waals surface area contributed by atoms with Crippen LogP contribution in [0.4, 0.5) is 10.6 Å². The van der Waals surface area contributed by atoms with Crippen LogP contribution in [-0.4, -0.2) is 56.3 Å². The van der Waals surface area contributed by atoms with Gasteiger partial charge in [-0.1, -0.05) is 0 Å². The predicted octanol–water partition coefficient (Wildman–Crippen LogP) is 3.21. The SMILES string of the molecule is Cn1ccc2nc(Cl)nc(N3CC4CCC(C3)N4C(=O)OC(C)(C)C)c21. The molecule has 2 saturated heterocycles. The van der Waals surface area contributed by atoms with E-state index in [-0.39, 0.29) is 23.5 Å². The number of carbonyl (C=O) groups excluding carboxylic acids is 1. The van der Waals surface area contributed by atoms with E-state index in [1.165, 1.54) is 0 Å². The van der Waals surface area contributed by atoms with Crippen LogP contribution >= 0.6 is 11.6 Å². The van der Waals surface area contributed by atoms with Gasteiger partial charge in [0.1, 0.15) is 11.1 Å². The van der Waals surface area contributed by atoms with Gasteiger partial charge in [-0.25, -0.2) is 9.78 Å². The van der Waals surface area contributed by atoms with Crippen LogP contribution in [0, 0.1) is 0 Å². The molecular weight excluding hydrogens is 354 g/mol. The molecule has 2 fully saturated rings. The molecule has 2 aromatic heterocycles. The summed E-state index contributed by atoms with van der Waals surface area (Å²) in [6, 6.07) is 2.21. The summed E-state index contributed by atoms with van der Waals surface area (Å²) < 4.78 is 7.63. The van der Waals surface area contributed by atoms with Crippen molar-refractivity contribution in [1.82, 2.24) is 19.4 Å². The maximum absolute atomic E-state index is 12.6. The van der Waals surface area contributed by atoms with Crippen LogP contribution in [-0.2, 0) is 11.8 Å². The maximum atomic E-state index is 12.6. The first-order chi connectivity index (χ1) is 12.2. The molecule has 2 unspecified atom stereocenters. The third kappa shape index (κ3) is 2.98. The van der Waals surface area contributed by atoms with Gasteiger partial charge in [0, 0.05) is 26.3 Å². The lowest BCUT2D eigenvalue weighted by molar-refractivity contribution is 0.0123. The van der Waals surface area contributed by atoms with Crippen molar-refractivity contribution in [1.29, 1.82) is 0 Å². The molecule has 0 spiro atoms. The van der Waals surface area contributed by atoms with Gasteiger partial charge in [0.05, 0.1) is 17.6 Å². The van der Waals surface area contributed by atoms with Crippen molar-refractivity contribution in [3.05, 3.63) is 17.5 Å². The molecule has 0 radical (unpaired) electrons. The van der Waals surface area contributed by atoms with Crippen LogP contribution < -0.4 is 4.90 Å². The van der Waals surface area contributed by atoms with Gasteiger partial charge in [-0.15, -0.1) is 0 Å². The first-order valence-corrected chi connectivity index (χ1v) is 9.35. The zero-order valence-electron chi connectivity index (χ0n) is 15.6. The van der Waals surface area contributed by atoms with Gasteiger partial charge in [-0.3, -0.25) is 4.90 Å². The fourth-order valence-electron chi connectivity index (χ4n) is 4.05. The Balaban J connectivity index is 1.62. The quantitative estimate of drug-likeness (QED) is 0.714. The Morgan fingerprint density at radius 3 is 2.50 bits per heavy atom. The molecule has 4 rings (SSSR count). The topological polar surface area (TPSA) is 63.5 Å². The average molecular weight is 378 g/mol. The summed E-state index contributed by atoms with van der Waals surface area (Å²) in [6.07, 6.45) is 3.71. The van der Waals surface area contributed by atoms with Crippen molar-refractivity contribution in [3.63, 3.8) is 0 Å². The smallest absolute Gasteiger partial charge is 0.410 e. The standard InChI is InChI=1S/C18H24ClN5O2/c1-18(2,3)26-17(25)24-11-5-6-12(24)10-23(9-11)15-14-13(7-8-22(14)4)20-16(19)21-15/h7-8,11-12H,5-6,9-10H2,1-4H3. The Kier molecular flexibility index (Phi) is 4.02. The van der Waals surface area contributed by atoms with Crippen molar-refractivity contribution >= 4 is 34.5 Å². The molecule has 140 valence electrons. The van der Waals surface area contributed by atoms with Crippen LogP contribution in [0.25, 0.3) is 11.0 Å². The second kappa shape index (κ2) is 6.01. The Hall–Kier alpha value is -2.02.